The SMILES string of the molecule is CCC[C@@H]1CC(=O)C2=C(C1)Nc1nc(C(F)(F)F)nn1[C@H]2c1ccc(Cl)cc1. The zero-order chi connectivity index (χ0) is 20.1. The summed E-state index contributed by atoms with van der Waals surface area (Å²) in [5.41, 5.74) is 1.74. The van der Waals surface area contributed by atoms with Crippen molar-refractivity contribution in [1.82, 2.24) is 14.8 Å². The number of allylic oxidation sites excluding steroid dienone is 2. The van der Waals surface area contributed by atoms with Crippen LogP contribution in [0.2, 0.25) is 5.02 Å². The van der Waals surface area contributed by atoms with Gasteiger partial charge in [0.2, 0.25) is 5.95 Å². The number of hydrogen-bond donors (Lipinski definition) is 1. The summed E-state index contributed by atoms with van der Waals surface area (Å²) in [7, 11) is 0. The summed E-state index contributed by atoms with van der Waals surface area (Å²) in [4.78, 5) is 16.6. The molecule has 2 aliphatic rings. The second kappa shape index (κ2) is 6.92. The third-order valence-electron chi connectivity index (χ3n) is 5.14. The number of nitrogens with one attached hydrogen (secondary N) is 1. The van der Waals surface area contributed by atoms with E-state index in [1.165, 1.54) is 0 Å². The molecule has 1 aromatic carbocycles. The predicted octanol–water partition coefficient (Wildman–Crippen LogP) is 5.00. The van der Waals surface area contributed by atoms with Crippen LogP contribution in [0.4, 0.5) is 19.1 Å². The van der Waals surface area contributed by atoms with E-state index in [0.717, 1.165) is 17.5 Å². The number of ketones is 1. The molecule has 0 radical (unpaired) electrons. The van der Waals surface area contributed by atoms with Gasteiger partial charge in [-0.05, 0) is 36.5 Å². The van der Waals surface area contributed by atoms with E-state index in [-0.39, 0.29) is 17.6 Å². The Balaban J connectivity index is 1.85. The Morgan fingerprint density at radius 2 is 1.96 bits per heavy atom. The minimum atomic E-state index is -4.67. The summed E-state index contributed by atoms with van der Waals surface area (Å²) in [5, 5.41) is 7.12. The van der Waals surface area contributed by atoms with Crippen LogP contribution in [0, 0.1) is 5.92 Å². The molecule has 2 heterocycles. The number of benzene rings is 1. The lowest BCUT2D eigenvalue weighted by Gasteiger charge is -2.35. The maximum absolute atomic E-state index is 13.2. The summed E-state index contributed by atoms with van der Waals surface area (Å²) in [5.74, 6) is -1.13. The van der Waals surface area contributed by atoms with Gasteiger partial charge < -0.3 is 5.32 Å². The monoisotopic (exact) mass is 410 g/mol. The van der Waals surface area contributed by atoms with Gasteiger partial charge in [0, 0.05) is 22.7 Å². The number of alkyl halides is 3. The molecule has 5 nitrogen and oxygen atoms in total. The summed E-state index contributed by atoms with van der Waals surface area (Å²) < 4.78 is 40.8. The number of carbonyl (C=O) groups is 1. The molecule has 0 unspecified atom stereocenters. The molecule has 28 heavy (non-hydrogen) atoms. The zero-order valence-corrected chi connectivity index (χ0v) is 15.8. The van der Waals surface area contributed by atoms with Crippen molar-refractivity contribution in [3.8, 4) is 0 Å². The molecule has 0 amide bonds. The molecule has 0 saturated carbocycles. The first-order chi connectivity index (χ1) is 13.3. The van der Waals surface area contributed by atoms with Gasteiger partial charge in [0.25, 0.3) is 5.82 Å². The maximum atomic E-state index is 13.2. The van der Waals surface area contributed by atoms with Crippen LogP contribution in [0.25, 0.3) is 0 Å². The quantitative estimate of drug-likeness (QED) is 0.773. The Hall–Kier alpha value is -2.35. The molecular formula is C19H18ClF3N4O. The van der Waals surface area contributed by atoms with Crippen molar-refractivity contribution in [2.24, 2.45) is 5.92 Å². The largest absolute Gasteiger partial charge is 0.453 e. The molecule has 0 spiro atoms. The average Bonchev–Trinajstić information content (AvgIpc) is 3.05. The van der Waals surface area contributed by atoms with E-state index in [1.54, 1.807) is 24.3 Å². The van der Waals surface area contributed by atoms with E-state index in [1.807, 2.05) is 6.92 Å². The van der Waals surface area contributed by atoms with E-state index < -0.39 is 18.0 Å². The Morgan fingerprint density at radius 3 is 2.61 bits per heavy atom. The summed E-state index contributed by atoms with van der Waals surface area (Å²) >= 11 is 5.96. The van der Waals surface area contributed by atoms with Gasteiger partial charge in [-0.25, -0.2) is 4.68 Å². The molecule has 0 bridgehead atoms. The standard InChI is InChI=1S/C19H18ClF3N4O/c1-2-3-10-8-13-15(14(28)9-10)16(11-4-6-12(20)7-5-11)27-18(24-13)25-17(26-27)19(21,22)23/h4-7,10,16H,2-3,8-9H2,1H3,(H,24,25,26)/t10-,16-/m0/s1. The number of fused-ring (bicyclic) bond motifs is 1. The van der Waals surface area contributed by atoms with Gasteiger partial charge in [0.1, 0.15) is 6.04 Å². The molecule has 4 rings (SSSR count). The van der Waals surface area contributed by atoms with Crippen LogP contribution in [-0.2, 0) is 11.0 Å². The highest BCUT2D eigenvalue weighted by Gasteiger charge is 2.43. The molecule has 0 fully saturated rings. The van der Waals surface area contributed by atoms with Gasteiger partial charge in [-0.1, -0.05) is 37.1 Å². The van der Waals surface area contributed by atoms with Crippen LogP contribution in [0.3, 0.4) is 0 Å². The number of nitrogens with zero attached hydrogens (tertiary/aromatic N) is 3. The lowest BCUT2D eigenvalue weighted by Crippen LogP contribution is -2.34. The lowest BCUT2D eigenvalue weighted by molar-refractivity contribution is -0.145. The molecular weight excluding hydrogens is 393 g/mol. The fraction of sp³-hybridized carbons (Fsp3) is 0.421. The van der Waals surface area contributed by atoms with E-state index in [2.05, 4.69) is 15.4 Å². The number of anilines is 1. The van der Waals surface area contributed by atoms with Gasteiger partial charge in [-0.3, -0.25) is 4.79 Å². The molecule has 1 aliphatic heterocycles. The highest BCUT2D eigenvalue weighted by molar-refractivity contribution is 6.30. The van der Waals surface area contributed by atoms with Gasteiger partial charge in [-0.2, -0.15) is 18.2 Å². The maximum Gasteiger partial charge on any atom is 0.453 e. The van der Waals surface area contributed by atoms with Crippen molar-refractivity contribution < 1.29 is 18.0 Å². The Labute approximate surface area is 164 Å². The molecule has 1 N–H and O–H groups in total. The number of carbonyl (C=O) groups excluding carboxylic acids is 1. The lowest BCUT2D eigenvalue weighted by atomic mass is 9.79. The fourth-order valence-electron chi connectivity index (χ4n) is 3.98. The van der Waals surface area contributed by atoms with E-state index in [0.29, 0.717) is 34.7 Å². The van der Waals surface area contributed by atoms with Gasteiger partial charge in [0.05, 0.1) is 0 Å². The molecule has 148 valence electrons. The second-order valence-corrected chi connectivity index (χ2v) is 7.60. The van der Waals surface area contributed by atoms with E-state index in [9.17, 15) is 18.0 Å². The predicted molar refractivity (Wildman–Crippen MR) is 97.9 cm³/mol. The van der Waals surface area contributed by atoms with E-state index >= 15 is 0 Å². The first kappa shape index (κ1) is 19.0. The van der Waals surface area contributed by atoms with Crippen LogP contribution in [-0.4, -0.2) is 20.5 Å². The van der Waals surface area contributed by atoms with Crippen molar-refractivity contribution in [3.63, 3.8) is 0 Å². The van der Waals surface area contributed by atoms with Crippen LogP contribution in [0.1, 0.15) is 50.0 Å². The molecule has 9 heteroatoms. The Morgan fingerprint density at radius 1 is 1.25 bits per heavy atom. The number of halogens is 4. The smallest absolute Gasteiger partial charge is 0.328 e. The van der Waals surface area contributed by atoms with Gasteiger partial charge >= 0.3 is 6.18 Å². The molecule has 2 atom stereocenters. The average molecular weight is 411 g/mol. The van der Waals surface area contributed by atoms with Crippen molar-refractivity contribution in [3.05, 3.63) is 51.9 Å². The van der Waals surface area contributed by atoms with Crippen LogP contribution in [0.5, 0.6) is 0 Å². The van der Waals surface area contributed by atoms with Crippen molar-refractivity contribution in [2.75, 3.05) is 5.32 Å². The first-order valence-corrected chi connectivity index (χ1v) is 9.48. The fourth-order valence-corrected chi connectivity index (χ4v) is 4.10. The Bertz CT molecular complexity index is 949. The zero-order valence-electron chi connectivity index (χ0n) is 15.1. The molecule has 1 aliphatic carbocycles. The number of rotatable bonds is 3. The number of Topliss-reactive ketones (excluding diaryl/α,β-unsaturated/α-hetero) is 1. The third-order valence-corrected chi connectivity index (χ3v) is 5.39. The molecule has 1 aromatic heterocycles. The highest BCUT2D eigenvalue weighted by atomic mass is 35.5. The van der Waals surface area contributed by atoms with Crippen molar-refractivity contribution in [1.29, 1.82) is 0 Å². The summed E-state index contributed by atoms with van der Waals surface area (Å²) in [6.07, 6.45) is -1.86. The topological polar surface area (TPSA) is 59.8 Å². The van der Waals surface area contributed by atoms with Crippen LogP contribution < -0.4 is 5.32 Å². The highest BCUT2D eigenvalue weighted by Crippen LogP contribution is 2.43. The minimum Gasteiger partial charge on any atom is -0.328 e. The van der Waals surface area contributed by atoms with Crippen molar-refractivity contribution in [2.45, 2.75) is 44.8 Å². The number of aromatic nitrogens is 3. The van der Waals surface area contributed by atoms with E-state index in [4.69, 9.17) is 11.6 Å². The third kappa shape index (κ3) is 3.30. The molecule has 2 aromatic rings. The number of hydrogen-bond acceptors (Lipinski definition) is 4. The van der Waals surface area contributed by atoms with Gasteiger partial charge in [-0.15, -0.1) is 5.10 Å². The summed E-state index contributed by atoms with van der Waals surface area (Å²) in [6, 6.07) is 5.93. The normalized spacial score (nSPS) is 22.0. The summed E-state index contributed by atoms with van der Waals surface area (Å²) in [6.45, 7) is 2.05. The van der Waals surface area contributed by atoms with Crippen LogP contribution in [0.15, 0.2) is 35.5 Å². The first-order valence-electron chi connectivity index (χ1n) is 9.10. The van der Waals surface area contributed by atoms with Crippen LogP contribution >= 0.6 is 11.6 Å². The van der Waals surface area contributed by atoms with Crippen molar-refractivity contribution >= 4 is 23.3 Å². The van der Waals surface area contributed by atoms with Gasteiger partial charge in [0.15, 0.2) is 5.78 Å². The second-order valence-electron chi connectivity index (χ2n) is 7.16. The molecule has 0 saturated heterocycles. The Kier molecular flexibility index (Phi) is 4.69. The minimum absolute atomic E-state index is 0.00373.